The topological polar surface area (TPSA) is 54.4 Å². The number of hydrogen-bond donors (Lipinski definition) is 1. The Morgan fingerprint density at radius 1 is 1.19 bits per heavy atom. The molecule has 0 saturated heterocycles. The SMILES string of the molecule is CC(C)(C)[Si](C)(CCS(=O)(=O)O)C(F)(F)F. The van der Waals surface area contributed by atoms with Crippen LogP contribution < -0.4 is 0 Å². The second kappa shape index (κ2) is 4.30. The molecule has 0 bridgehead atoms. The normalized spacial score (nSPS) is 18.2. The maximum atomic E-state index is 13.0. The first-order valence-corrected chi connectivity index (χ1v) is 9.04. The summed E-state index contributed by atoms with van der Waals surface area (Å²) in [5.74, 6) is -5.21. The lowest BCUT2D eigenvalue weighted by Crippen LogP contribution is -2.55. The fraction of sp³-hybridized carbons (Fsp3) is 1.00. The first-order chi connectivity index (χ1) is 6.71. The van der Waals surface area contributed by atoms with E-state index in [4.69, 9.17) is 4.55 Å². The van der Waals surface area contributed by atoms with Gasteiger partial charge in [0.15, 0.2) is 8.07 Å². The Bertz CT molecular complexity index is 329. The van der Waals surface area contributed by atoms with Crippen LogP contribution >= 0.6 is 0 Å². The van der Waals surface area contributed by atoms with Gasteiger partial charge >= 0.3 is 5.80 Å². The zero-order valence-electron chi connectivity index (χ0n) is 9.72. The highest BCUT2D eigenvalue weighted by Crippen LogP contribution is 2.48. The highest BCUT2D eigenvalue weighted by molar-refractivity contribution is 7.85. The molecule has 0 aliphatic heterocycles. The smallest absolute Gasteiger partial charge is 0.286 e. The summed E-state index contributed by atoms with van der Waals surface area (Å²) in [5, 5.41) is -1.00. The molecule has 3 nitrogen and oxygen atoms in total. The average Bonchev–Trinajstić information content (AvgIpc) is 1.93. The number of hydrogen-bond acceptors (Lipinski definition) is 2. The quantitative estimate of drug-likeness (QED) is 0.638. The molecule has 1 N–H and O–H groups in total. The summed E-state index contributed by atoms with van der Waals surface area (Å²) < 4.78 is 68.5. The van der Waals surface area contributed by atoms with Crippen molar-refractivity contribution >= 4 is 18.2 Å². The molecule has 0 radical (unpaired) electrons. The van der Waals surface area contributed by atoms with Gasteiger partial charge in [0.05, 0.1) is 5.75 Å². The van der Waals surface area contributed by atoms with Crippen molar-refractivity contribution in [3.63, 3.8) is 0 Å². The van der Waals surface area contributed by atoms with Crippen molar-refractivity contribution < 1.29 is 26.1 Å². The average molecular weight is 278 g/mol. The standard InChI is InChI=1S/C8H17F3O3SSi/c1-7(2,3)16(4,8(9,10)11)6-5-15(12,13)14/h5-6H2,1-4H3,(H,12,13,14). The summed E-state index contributed by atoms with van der Waals surface area (Å²) in [6, 6.07) is -0.515. The third-order valence-corrected chi connectivity index (χ3v) is 10.0. The number of halogens is 3. The van der Waals surface area contributed by atoms with Crippen LogP contribution in [0.2, 0.25) is 17.6 Å². The van der Waals surface area contributed by atoms with Crippen molar-refractivity contribution in [3.8, 4) is 0 Å². The monoisotopic (exact) mass is 278 g/mol. The van der Waals surface area contributed by atoms with Gasteiger partial charge in [0.1, 0.15) is 0 Å². The predicted octanol–water partition coefficient (Wildman–Crippen LogP) is 2.85. The van der Waals surface area contributed by atoms with Crippen LogP contribution in [0.4, 0.5) is 13.2 Å². The van der Waals surface area contributed by atoms with Gasteiger partial charge in [-0.25, -0.2) is 0 Å². The molecule has 0 aromatic heterocycles. The van der Waals surface area contributed by atoms with Gasteiger partial charge in [-0.05, 0) is 11.1 Å². The van der Waals surface area contributed by atoms with Crippen LogP contribution in [0.1, 0.15) is 20.8 Å². The van der Waals surface area contributed by atoms with Crippen LogP contribution in [0.25, 0.3) is 0 Å². The van der Waals surface area contributed by atoms with Gasteiger partial charge in [0.2, 0.25) is 0 Å². The molecule has 0 aliphatic carbocycles. The van der Waals surface area contributed by atoms with Crippen molar-refractivity contribution in [1.29, 1.82) is 0 Å². The summed E-state index contributed by atoms with van der Waals surface area (Å²) in [7, 11) is -8.14. The molecular weight excluding hydrogens is 261 g/mol. The van der Waals surface area contributed by atoms with Gasteiger partial charge in [-0.15, -0.1) is 0 Å². The maximum absolute atomic E-state index is 13.0. The van der Waals surface area contributed by atoms with E-state index in [1.807, 2.05) is 0 Å². The summed E-state index contributed by atoms with van der Waals surface area (Å²) in [6.07, 6.45) is 0. The molecule has 0 aromatic carbocycles. The molecule has 8 heteroatoms. The molecule has 1 unspecified atom stereocenters. The Balaban J connectivity index is 5.15. The van der Waals surface area contributed by atoms with Gasteiger partial charge in [-0.3, -0.25) is 4.55 Å². The Labute approximate surface area is 94.8 Å². The van der Waals surface area contributed by atoms with Crippen LogP contribution in [-0.4, -0.2) is 32.6 Å². The molecule has 0 amide bonds. The van der Waals surface area contributed by atoms with E-state index in [0.717, 1.165) is 6.55 Å². The van der Waals surface area contributed by atoms with Gasteiger partial charge < -0.3 is 0 Å². The molecule has 0 rings (SSSR count). The van der Waals surface area contributed by atoms with Crippen molar-refractivity contribution in [1.82, 2.24) is 0 Å². The van der Waals surface area contributed by atoms with Gasteiger partial charge in [0, 0.05) is 0 Å². The van der Waals surface area contributed by atoms with E-state index >= 15 is 0 Å². The van der Waals surface area contributed by atoms with Crippen molar-refractivity contribution in [2.24, 2.45) is 0 Å². The highest BCUT2D eigenvalue weighted by atomic mass is 32.2. The lowest BCUT2D eigenvalue weighted by Gasteiger charge is -2.40. The fourth-order valence-corrected chi connectivity index (χ4v) is 5.82. The minimum absolute atomic E-state index is 0.515. The summed E-state index contributed by atoms with van der Waals surface area (Å²) in [6.45, 7) is 5.47. The molecular formula is C8H17F3O3SSi. The highest BCUT2D eigenvalue weighted by Gasteiger charge is 2.59. The molecule has 0 saturated carbocycles. The zero-order chi connectivity index (χ0) is 13.4. The minimum Gasteiger partial charge on any atom is -0.286 e. The number of rotatable bonds is 3. The lowest BCUT2D eigenvalue weighted by molar-refractivity contribution is -0.0599. The van der Waals surface area contributed by atoms with E-state index in [1.54, 1.807) is 0 Å². The zero-order valence-corrected chi connectivity index (χ0v) is 11.5. The Hall–Kier alpha value is -0.0831. The third kappa shape index (κ3) is 3.74. The van der Waals surface area contributed by atoms with E-state index in [9.17, 15) is 21.6 Å². The van der Waals surface area contributed by atoms with Crippen molar-refractivity contribution in [3.05, 3.63) is 0 Å². The molecule has 0 heterocycles. The van der Waals surface area contributed by atoms with Gasteiger partial charge in [0.25, 0.3) is 10.1 Å². The predicted molar refractivity (Wildman–Crippen MR) is 58.6 cm³/mol. The van der Waals surface area contributed by atoms with Gasteiger partial charge in [-0.1, -0.05) is 27.3 Å². The molecule has 0 fully saturated rings. The fourth-order valence-electron chi connectivity index (χ4n) is 1.28. The van der Waals surface area contributed by atoms with Crippen LogP contribution in [0.15, 0.2) is 0 Å². The van der Waals surface area contributed by atoms with Crippen molar-refractivity contribution in [2.45, 2.75) is 44.2 Å². The molecule has 16 heavy (non-hydrogen) atoms. The van der Waals surface area contributed by atoms with Crippen molar-refractivity contribution in [2.75, 3.05) is 5.75 Å². The van der Waals surface area contributed by atoms with Crippen LogP contribution in [-0.2, 0) is 10.1 Å². The Kier molecular flexibility index (Phi) is 4.28. The van der Waals surface area contributed by atoms with Crippen LogP contribution in [0.5, 0.6) is 0 Å². The molecule has 0 aliphatic rings. The summed E-state index contributed by atoms with van der Waals surface area (Å²) >= 11 is 0. The molecule has 1 atom stereocenters. The van der Waals surface area contributed by atoms with E-state index < -0.39 is 40.8 Å². The van der Waals surface area contributed by atoms with E-state index in [0.29, 0.717) is 0 Å². The van der Waals surface area contributed by atoms with Crippen LogP contribution in [0, 0.1) is 0 Å². The maximum Gasteiger partial charge on any atom is 0.361 e. The second-order valence-electron chi connectivity index (χ2n) is 5.12. The minimum atomic E-state index is -4.38. The lowest BCUT2D eigenvalue weighted by atomic mass is 10.2. The number of alkyl halides is 3. The van der Waals surface area contributed by atoms with E-state index in [-0.39, 0.29) is 0 Å². The Morgan fingerprint density at radius 3 is 1.75 bits per heavy atom. The molecule has 98 valence electrons. The van der Waals surface area contributed by atoms with E-state index in [1.165, 1.54) is 20.8 Å². The Morgan fingerprint density at radius 2 is 1.56 bits per heavy atom. The van der Waals surface area contributed by atoms with E-state index in [2.05, 4.69) is 0 Å². The summed E-state index contributed by atoms with van der Waals surface area (Å²) in [5.41, 5.74) is 0. The second-order valence-corrected chi connectivity index (χ2v) is 11.9. The summed E-state index contributed by atoms with van der Waals surface area (Å²) in [4.78, 5) is 0. The first kappa shape index (κ1) is 15.9. The van der Waals surface area contributed by atoms with Crippen LogP contribution in [0.3, 0.4) is 0 Å². The molecule has 0 aromatic rings. The third-order valence-electron chi connectivity index (χ3n) is 3.14. The van der Waals surface area contributed by atoms with Gasteiger partial charge in [-0.2, -0.15) is 21.6 Å². The first-order valence-electron chi connectivity index (χ1n) is 4.73. The molecule has 0 spiro atoms. The largest absolute Gasteiger partial charge is 0.361 e.